The van der Waals surface area contributed by atoms with Crippen molar-refractivity contribution >= 4 is 17.5 Å². The van der Waals surface area contributed by atoms with Crippen molar-refractivity contribution in [3.63, 3.8) is 0 Å². The van der Waals surface area contributed by atoms with Crippen molar-refractivity contribution in [3.05, 3.63) is 60.2 Å². The van der Waals surface area contributed by atoms with Gasteiger partial charge in [0.25, 0.3) is 0 Å². The Morgan fingerprint density at radius 1 is 0.912 bits per heavy atom. The van der Waals surface area contributed by atoms with Crippen LogP contribution >= 0.6 is 0 Å². The lowest BCUT2D eigenvalue weighted by Crippen LogP contribution is -2.48. The molecule has 2 amide bonds. The topological polar surface area (TPSA) is 65.1 Å². The minimum absolute atomic E-state index is 0.00996. The minimum Gasteiger partial charge on any atom is -0.497 e. The maximum Gasteiger partial charge on any atom is 0.317 e. The van der Waals surface area contributed by atoms with Gasteiger partial charge in [-0.15, -0.1) is 0 Å². The number of amides is 2. The maximum atomic E-state index is 12.8. The number of hydrogen-bond donors (Lipinski definition) is 1. The lowest BCUT2D eigenvalue weighted by atomic mass is 9.89. The summed E-state index contributed by atoms with van der Waals surface area (Å²) in [5.74, 6) is 0.888. The van der Waals surface area contributed by atoms with E-state index in [9.17, 15) is 9.59 Å². The van der Waals surface area contributed by atoms with Gasteiger partial charge in [0.1, 0.15) is 5.75 Å². The Hall–Kier alpha value is -3.06. The number of Topliss-reactive ketones (excluding diaryl/α,β-unsaturated/α-hetero) is 1. The van der Waals surface area contributed by atoms with Gasteiger partial charge in [0.15, 0.2) is 5.78 Å². The Balaban J connectivity index is 1.10. The molecular formula is C27H36N4O3. The molecule has 4 rings (SSSR count). The van der Waals surface area contributed by atoms with Crippen LogP contribution in [0.1, 0.15) is 29.6 Å². The molecule has 0 bridgehead atoms. The second kappa shape index (κ2) is 11.9. The molecular weight excluding hydrogens is 428 g/mol. The van der Waals surface area contributed by atoms with Gasteiger partial charge in [-0.05, 0) is 62.2 Å². The van der Waals surface area contributed by atoms with Gasteiger partial charge >= 0.3 is 6.03 Å². The summed E-state index contributed by atoms with van der Waals surface area (Å²) in [6.45, 7) is 7.13. The predicted octanol–water partition coefficient (Wildman–Crippen LogP) is 3.51. The molecule has 2 aliphatic rings. The summed E-state index contributed by atoms with van der Waals surface area (Å²) in [7, 11) is 1.62. The molecule has 2 fully saturated rings. The van der Waals surface area contributed by atoms with Crippen molar-refractivity contribution in [2.24, 2.45) is 5.92 Å². The number of nitrogens with zero attached hydrogens (tertiary/aromatic N) is 3. The molecule has 0 saturated carbocycles. The summed E-state index contributed by atoms with van der Waals surface area (Å²) >= 11 is 0. The van der Waals surface area contributed by atoms with E-state index in [1.807, 2.05) is 29.2 Å². The van der Waals surface area contributed by atoms with Crippen LogP contribution in [0.15, 0.2) is 54.6 Å². The highest BCUT2D eigenvalue weighted by atomic mass is 16.5. The maximum absolute atomic E-state index is 12.8. The number of urea groups is 1. The number of methoxy groups -OCH3 is 1. The van der Waals surface area contributed by atoms with E-state index in [1.165, 1.54) is 5.69 Å². The number of ether oxygens (including phenoxy) is 1. The molecule has 0 aromatic heterocycles. The van der Waals surface area contributed by atoms with Gasteiger partial charge in [-0.2, -0.15) is 0 Å². The number of anilines is 1. The first kappa shape index (κ1) is 24.1. The number of hydrogen-bond acceptors (Lipinski definition) is 5. The van der Waals surface area contributed by atoms with Crippen LogP contribution < -0.4 is 15.0 Å². The average Bonchev–Trinajstić information content (AvgIpc) is 2.91. The normalized spacial score (nSPS) is 17.4. The molecule has 7 heteroatoms. The van der Waals surface area contributed by atoms with Gasteiger partial charge in [0, 0.05) is 63.0 Å². The number of carbonyl (C=O) groups excluding carboxylic acids is 2. The van der Waals surface area contributed by atoms with Crippen LogP contribution in [0.3, 0.4) is 0 Å². The molecule has 2 saturated heterocycles. The molecule has 34 heavy (non-hydrogen) atoms. The van der Waals surface area contributed by atoms with Crippen LogP contribution in [0.4, 0.5) is 10.5 Å². The SMILES string of the molecule is COc1ccc(C(=O)C2CCN(C(=O)NCCCN3CCN(c4ccccc4)CC3)CC2)cc1. The Kier molecular flexibility index (Phi) is 8.41. The summed E-state index contributed by atoms with van der Waals surface area (Å²) in [6.07, 6.45) is 2.37. The fourth-order valence-electron chi connectivity index (χ4n) is 4.81. The molecule has 182 valence electrons. The van der Waals surface area contributed by atoms with Crippen LogP contribution in [0.5, 0.6) is 5.75 Å². The van der Waals surface area contributed by atoms with Crippen molar-refractivity contribution in [1.29, 1.82) is 0 Å². The zero-order valence-electron chi connectivity index (χ0n) is 20.1. The van der Waals surface area contributed by atoms with E-state index < -0.39 is 0 Å². The first-order valence-electron chi connectivity index (χ1n) is 12.4. The van der Waals surface area contributed by atoms with Gasteiger partial charge in [-0.25, -0.2) is 4.79 Å². The Morgan fingerprint density at radius 2 is 1.59 bits per heavy atom. The number of likely N-dealkylation sites (tertiary alicyclic amines) is 1. The van der Waals surface area contributed by atoms with Crippen LogP contribution in [-0.2, 0) is 0 Å². The average molecular weight is 465 g/mol. The van der Waals surface area contributed by atoms with Crippen LogP contribution in [0.2, 0.25) is 0 Å². The summed E-state index contributed by atoms with van der Waals surface area (Å²) in [5.41, 5.74) is 2.01. The zero-order chi connectivity index (χ0) is 23.8. The first-order chi connectivity index (χ1) is 16.6. The summed E-state index contributed by atoms with van der Waals surface area (Å²) in [4.78, 5) is 32.1. The lowest BCUT2D eigenvalue weighted by molar-refractivity contribution is 0.0854. The predicted molar refractivity (Wildman–Crippen MR) is 135 cm³/mol. The second-order valence-corrected chi connectivity index (χ2v) is 9.10. The fourth-order valence-corrected chi connectivity index (χ4v) is 4.81. The lowest BCUT2D eigenvalue weighted by Gasteiger charge is -2.36. The molecule has 2 heterocycles. The van der Waals surface area contributed by atoms with Gasteiger partial charge in [-0.1, -0.05) is 18.2 Å². The van der Waals surface area contributed by atoms with Crippen molar-refractivity contribution in [1.82, 2.24) is 15.1 Å². The third-order valence-corrected chi connectivity index (χ3v) is 6.95. The van der Waals surface area contributed by atoms with E-state index in [0.717, 1.165) is 44.9 Å². The largest absolute Gasteiger partial charge is 0.497 e. The summed E-state index contributed by atoms with van der Waals surface area (Å²) < 4.78 is 5.16. The number of rotatable bonds is 8. The number of piperazine rings is 1. The Bertz CT molecular complexity index is 919. The molecule has 0 spiro atoms. The molecule has 0 unspecified atom stereocenters. The quantitative estimate of drug-likeness (QED) is 0.478. The fraction of sp³-hybridized carbons (Fsp3) is 0.481. The third kappa shape index (κ3) is 6.29. The van der Waals surface area contributed by atoms with Crippen LogP contribution in [-0.4, -0.2) is 81.1 Å². The van der Waals surface area contributed by atoms with Crippen molar-refractivity contribution in [3.8, 4) is 5.75 Å². The highest BCUT2D eigenvalue weighted by Crippen LogP contribution is 2.23. The molecule has 0 atom stereocenters. The van der Waals surface area contributed by atoms with Crippen LogP contribution in [0.25, 0.3) is 0 Å². The highest BCUT2D eigenvalue weighted by Gasteiger charge is 2.28. The molecule has 2 aliphatic heterocycles. The van der Waals surface area contributed by atoms with E-state index in [4.69, 9.17) is 4.74 Å². The van der Waals surface area contributed by atoms with Gasteiger partial charge in [0.2, 0.25) is 0 Å². The van der Waals surface area contributed by atoms with E-state index in [-0.39, 0.29) is 17.7 Å². The van der Waals surface area contributed by atoms with E-state index in [0.29, 0.717) is 38.0 Å². The van der Waals surface area contributed by atoms with Crippen molar-refractivity contribution in [2.45, 2.75) is 19.3 Å². The van der Waals surface area contributed by atoms with E-state index >= 15 is 0 Å². The monoisotopic (exact) mass is 464 g/mol. The zero-order valence-corrected chi connectivity index (χ0v) is 20.1. The summed E-state index contributed by atoms with van der Waals surface area (Å²) in [6, 6.07) is 17.8. The second-order valence-electron chi connectivity index (χ2n) is 9.10. The van der Waals surface area contributed by atoms with Crippen molar-refractivity contribution < 1.29 is 14.3 Å². The van der Waals surface area contributed by atoms with Gasteiger partial charge < -0.3 is 19.9 Å². The number of benzene rings is 2. The molecule has 1 N–H and O–H groups in total. The van der Waals surface area contributed by atoms with E-state index in [2.05, 4.69) is 45.4 Å². The highest BCUT2D eigenvalue weighted by molar-refractivity contribution is 5.98. The number of carbonyl (C=O) groups is 2. The minimum atomic E-state index is -0.0213. The van der Waals surface area contributed by atoms with E-state index in [1.54, 1.807) is 7.11 Å². The molecule has 7 nitrogen and oxygen atoms in total. The van der Waals surface area contributed by atoms with Crippen molar-refractivity contribution in [2.75, 3.05) is 64.4 Å². The summed E-state index contributed by atoms with van der Waals surface area (Å²) in [5, 5.41) is 3.07. The number of nitrogens with one attached hydrogen (secondary N) is 1. The number of ketones is 1. The molecule has 0 aliphatic carbocycles. The number of piperidine rings is 1. The van der Waals surface area contributed by atoms with Gasteiger partial charge in [-0.3, -0.25) is 9.69 Å². The molecule has 0 radical (unpaired) electrons. The third-order valence-electron chi connectivity index (χ3n) is 6.95. The Morgan fingerprint density at radius 3 is 2.24 bits per heavy atom. The standard InChI is InChI=1S/C27H36N4O3/c1-34-25-10-8-22(9-11-25)26(32)23-12-16-31(17-13-23)27(33)28-14-5-15-29-18-20-30(21-19-29)24-6-3-2-4-7-24/h2-4,6-11,23H,5,12-21H2,1H3,(H,28,33). The van der Waals surface area contributed by atoms with Crippen LogP contribution in [0, 0.1) is 5.92 Å². The smallest absolute Gasteiger partial charge is 0.317 e. The van der Waals surface area contributed by atoms with Gasteiger partial charge in [0.05, 0.1) is 7.11 Å². The first-order valence-corrected chi connectivity index (χ1v) is 12.4. The Labute approximate surface area is 202 Å². The molecule has 2 aromatic rings. The molecule has 2 aromatic carbocycles. The number of para-hydroxylation sites is 1.